The molecule has 8 atom stereocenters. The predicted molar refractivity (Wildman–Crippen MR) is 134 cm³/mol. The summed E-state index contributed by atoms with van der Waals surface area (Å²) in [5.41, 5.74) is 2.15. The van der Waals surface area contributed by atoms with Gasteiger partial charge in [-0.3, -0.25) is 4.79 Å². The number of ether oxygens (including phenoxy) is 1. The van der Waals surface area contributed by atoms with Gasteiger partial charge < -0.3 is 9.84 Å². The average molecular weight is 455 g/mol. The zero-order chi connectivity index (χ0) is 24.2. The fraction of sp³-hybridized carbons (Fsp3) is 0.767. The predicted octanol–water partition coefficient (Wildman–Crippen LogP) is 7.02. The molecule has 3 heteroatoms. The van der Waals surface area contributed by atoms with Crippen LogP contribution in [0.4, 0.5) is 0 Å². The molecular weight excluding hydrogens is 408 g/mol. The van der Waals surface area contributed by atoms with Crippen molar-refractivity contribution < 1.29 is 14.6 Å². The second-order valence-corrected chi connectivity index (χ2v) is 12.6. The van der Waals surface area contributed by atoms with Crippen LogP contribution in [0.2, 0.25) is 0 Å². The number of allylic oxidation sites excluding steroid dienone is 4. The summed E-state index contributed by atoms with van der Waals surface area (Å²) in [6, 6.07) is 0. The zero-order valence-electron chi connectivity index (χ0n) is 22.0. The monoisotopic (exact) mass is 454 g/mol. The lowest BCUT2D eigenvalue weighted by atomic mass is 9.50. The highest BCUT2D eigenvalue weighted by molar-refractivity contribution is 5.66. The Bertz CT molecular complexity index is 866. The molecule has 0 aromatic rings. The van der Waals surface area contributed by atoms with Gasteiger partial charge in [0.25, 0.3) is 0 Å². The van der Waals surface area contributed by atoms with Gasteiger partial charge in [0.15, 0.2) is 0 Å². The number of rotatable bonds is 5. The van der Waals surface area contributed by atoms with Crippen LogP contribution in [0.15, 0.2) is 35.5 Å². The van der Waals surface area contributed by atoms with E-state index >= 15 is 0 Å². The Morgan fingerprint density at radius 3 is 2.48 bits per heavy atom. The number of hydrogen-bond donors (Lipinski definition) is 1. The Kier molecular flexibility index (Phi) is 6.53. The summed E-state index contributed by atoms with van der Waals surface area (Å²) in [5, 5.41) is 11.8. The summed E-state index contributed by atoms with van der Waals surface area (Å²) in [6.07, 6.45) is 16.2. The minimum Gasteiger partial charge on any atom is -0.462 e. The van der Waals surface area contributed by atoms with Crippen LogP contribution in [-0.4, -0.2) is 22.8 Å². The minimum absolute atomic E-state index is 0.165. The van der Waals surface area contributed by atoms with Crippen LogP contribution in [0.5, 0.6) is 0 Å². The maximum Gasteiger partial charge on any atom is 0.302 e. The first-order chi connectivity index (χ1) is 15.4. The summed E-state index contributed by atoms with van der Waals surface area (Å²) >= 11 is 0. The second kappa shape index (κ2) is 8.70. The molecule has 8 unspecified atom stereocenters. The van der Waals surface area contributed by atoms with Crippen LogP contribution in [0.3, 0.4) is 0 Å². The lowest BCUT2D eigenvalue weighted by Gasteiger charge is -2.57. The van der Waals surface area contributed by atoms with Gasteiger partial charge in [0.1, 0.15) is 6.10 Å². The van der Waals surface area contributed by atoms with Crippen LogP contribution in [0, 0.1) is 40.4 Å². The molecular formula is C30H46O3. The number of fused-ring (bicyclic) bond motifs is 5. The number of hydrogen-bond acceptors (Lipinski definition) is 3. The van der Waals surface area contributed by atoms with Crippen molar-refractivity contribution in [2.75, 3.05) is 0 Å². The first-order valence-electron chi connectivity index (χ1n) is 13.4. The van der Waals surface area contributed by atoms with Crippen molar-refractivity contribution in [1.29, 1.82) is 0 Å². The van der Waals surface area contributed by atoms with Crippen molar-refractivity contribution in [3.63, 3.8) is 0 Å². The fourth-order valence-electron chi connectivity index (χ4n) is 7.76. The maximum absolute atomic E-state index is 11.8. The van der Waals surface area contributed by atoms with Crippen LogP contribution in [0.1, 0.15) is 93.4 Å². The normalized spacial score (nSPS) is 42.2. The first kappa shape index (κ1) is 24.8. The highest BCUT2D eigenvalue weighted by atomic mass is 16.5. The summed E-state index contributed by atoms with van der Waals surface area (Å²) in [7, 11) is 0. The number of aliphatic hydroxyl groups is 1. The fourth-order valence-corrected chi connectivity index (χ4v) is 7.76. The van der Waals surface area contributed by atoms with E-state index in [0.29, 0.717) is 47.8 Å². The zero-order valence-corrected chi connectivity index (χ0v) is 22.0. The van der Waals surface area contributed by atoms with E-state index < -0.39 is 5.60 Å². The molecule has 0 radical (unpaired) electrons. The van der Waals surface area contributed by atoms with Gasteiger partial charge in [0.05, 0.1) is 5.60 Å². The summed E-state index contributed by atoms with van der Waals surface area (Å²) in [6.45, 7) is 15.6. The summed E-state index contributed by atoms with van der Waals surface area (Å²) in [4.78, 5) is 11.5. The molecule has 0 aliphatic heterocycles. The molecule has 2 saturated carbocycles. The third kappa shape index (κ3) is 4.07. The smallest absolute Gasteiger partial charge is 0.302 e. The molecule has 4 rings (SSSR count). The number of esters is 1. The quantitative estimate of drug-likeness (QED) is 0.359. The molecule has 4 aliphatic carbocycles. The summed E-state index contributed by atoms with van der Waals surface area (Å²) < 4.78 is 5.52. The van der Waals surface area contributed by atoms with E-state index in [1.807, 2.05) is 0 Å². The van der Waals surface area contributed by atoms with Crippen LogP contribution in [-0.2, 0) is 9.53 Å². The lowest BCUT2D eigenvalue weighted by molar-refractivity contribution is -0.163. The van der Waals surface area contributed by atoms with Crippen molar-refractivity contribution in [3.8, 4) is 0 Å². The van der Waals surface area contributed by atoms with Gasteiger partial charge in [0, 0.05) is 18.8 Å². The highest BCUT2D eigenvalue weighted by Gasteiger charge is 2.60. The Balaban J connectivity index is 1.58. The molecule has 0 spiro atoms. The van der Waals surface area contributed by atoms with Crippen molar-refractivity contribution in [1.82, 2.24) is 0 Å². The van der Waals surface area contributed by atoms with Gasteiger partial charge in [-0.25, -0.2) is 0 Å². The Morgan fingerprint density at radius 1 is 1.09 bits per heavy atom. The average Bonchev–Trinajstić information content (AvgIpc) is 3.09. The third-order valence-corrected chi connectivity index (χ3v) is 10.4. The molecule has 4 aliphatic rings. The van der Waals surface area contributed by atoms with E-state index in [1.54, 1.807) is 0 Å². The molecule has 0 aromatic heterocycles. The molecule has 0 saturated heterocycles. The molecule has 0 aromatic carbocycles. The first-order valence-corrected chi connectivity index (χ1v) is 13.4. The van der Waals surface area contributed by atoms with Gasteiger partial charge in [-0.2, -0.15) is 0 Å². The van der Waals surface area contributed by atoms with Gasteiger partial charge in [-0.15, -0.1) is 0 Å². The maximum atomic E-state index is 11.8. The van der Waals surface area contributed by atoms with Crippen LogP contribution >= 0.6 is 0 Å². The summed E-state index contributed by atoms with van der Waals surface area (Å²) in [5.74, 6) is 2.94. The van der Waals surface area contributed by atoms with Crippen molar-refractivity contribution in [2.24, 2.45) is 40.4 Å². The Labute approximate surface area is 201 Å². The minimum atomic E-state index is -0.824. The molecule has 33 heavy (non-hydrogen) atoms. The van der Waals surface area contributed by atoms with E-state index in [2.05, 4.69) is 65.8 Å². The number of carbonyl (C=O) groups excluding carboxylic acids is 1. The van der Waals surface area contributed by atoms with Gasteiger partial charge in [-0.1, -0.05) is 65.8 Å². The standard InChI is InChI=1S/C30H46O3/c1-19(2)20(3)8-9-21(4)25-10-11-26-24-13-17-30(32)18-23(33-22(5)31)12-16-29(30,7)27(24)14-15-28(25,26)6/h8-9,13-14,19-21,23,25-26,32H,10-12,15-18H2,1-7H3/b9-8+. The largest absolute Gasteiger partial charge is 0.462 e. The molecule has 1 N–H and O–H groups in total. The Hall–Kier alpha value is -1.35. The van der Waals surface area contributed by atoms with Gasteiger partial charge in [0.2, 0.25) is 0 Å². The number of carbonyl (C=O) groups is 1. The second-order valence-electron chi connectivity index (χ2n) is 12.6. The molecule has 3 nitrogen and oxygen atoms in total. The van der Waals surface area contributed by atoms with E-state index in [9.17, 15) is 9.90 Å². The molecule has 0 heterocycles. The van der Waals surface area contributed by atoms with Gasteiger partial charge >= 0.3 is 5.97 Å². The Morgan fingerprint density at radius 2 is 1.82 bits per heavy atom. The third-order valence-electron chi connectivity index (χ3n) is 10.4. The molecule has 0 amide bonds. The van der Waals surface area contributed by atoms with Crippen LogP contribution < -0.4 is 0 Å². The topological polar surface area (TPSA) is 46.5 Å². The molecule has 2 fully saturated rings. The lowest BCUT2D eigenvalue weighted by Crippen LogP contribution is -2.56. The van der Waals surface area contributed by atoms with Crippen molar-refractivity contribution >= 4 is 5.97 Å². The van der Waals surface area contributed by atoms with Gasteiger partial charge in [-0.05, 0) is 84.7 Å². The highest BCUT2D eigenvalue weighted by Crippen LogP contribution is 2.65. The van der Waals surface area contributed by atoms with E-state index in [4.69, 9.17) is 4.74 Å². The van der Waals surface area contributed by atoms with Crippen molar-refractivity contribution in [2.45, 2.75) is 105 Å². The molecule has 0 bridgehead atoms. The SMILES string of the molecule is CC(=O)OC1CCC2(C)C3=CCC4(C)C(CCC4C(C)/C=C/C(C)C(C)C)C3=CCC2(O)C1. The molecule has 184 valence electrons. The van der Waals surface area contributed by atoms with Crippen molar-refractivity contribution in [3.05, 3.63) is 35.5 Å². The van der Waals surface area contributed by atoms with Crippen LogP contribution in [0.25, 0.3) is 0 Å². The van der Waals surface area contributed by atoms with E-state index in [0.717, 1.165) is 19.3 Å². The van der Waals surface area contributed by atoms with E-state index in [-0.39, 0.29) is 17.5 Å². The van der Waals surface area contributed by atoms with E-state index in [1.165, 1.54) is 30.9 Å².